The summed E-state index contributed by atoms with van der Waals surface area (Å²) in [7, 11) is -3.88. The van der Waals surface area contributed by atoms with Crippen molar-refractivity contribution < 1.29 is 18.3 Å². The molecule has 116 valence electrons. The van der Waals surface area contributed by atoms with E-state index in [1.54, 1.807) is 12.1 Å². The number of hydrogen-bond donors (Lipinski definition) is 2. The van der Waals surface area contributed by atoms with Crippen LogP contribution in [0.15, 0.2) is 50.2 Å². The fraction of sp³-hybridized carbons (Fsp3) is 0. The Kier molecular flexibility index (Phi) is 5.16. The topological polar surface area (TPSA) is 83.5 Å². The van der Waals surface area contributed by atoms with Crippen molar-refractivity contribution in [2.24, 2.45) is 0 Å². The van der Waals surface area contributed by atoms with Crippen molar-refractivity contribution >= 4 is 65.1 Å². The van der Waals surface area contributed by atoms with E-state index in [1.165, 1.54) is 18.2 Å². The zero-order chi connectivity index (χ0) is 16.5. The Bertz CT molecular complexity index is 855. The molecule has 0 atom stereocenters. The van der Waals surface area contributed by atoms with Gasteiger partial charge in [0.05, 0.1) is 10.6 Å². The lowest BCUT2D eigenvalue weighted by Gasteiger charge is -2.11. The number of anilines is 1. The first-order valence-corrected chi connectivity index (χ1v) is 9.16. The molecule has 2 aromatic carbocycles. The maximum Gasteiger partial charge on any atom is 0.337 e. The molecule has 2 N–H and O–H groups in total. The first kappa shape index (κ1) is 17.3. The molecule has 0 bridgehead atoms. The van der Waals surface area contributed by atoms with Gasteiger partial charge < -0.3 is 5.11 Å². The van der Waals surface area contributed by atoms with Crippen molar-refractivity contribution in [1.29, 1.82) is 0 Å². The van der Waals surface area contributed by atoms with Gasteiger partial charge in [0.2, 0.25) is 0 Å². The third kappa shape index (κ3) is 3.81. The van der Waals surface area contributed by atoms with E-state index < -0.39 is 16.0 Å². The average molecular weight is 470 g/mol. The molecule has 0 unspecified atom stereocenters. The van der Waals surface area contributed by atoms with Gasteiger partial charge in [0.25, 0.3) is 10.0 Å². The van der Waals surface area contributed by atoms with Crippen LogP contribution in [0.5, 0.6) is 0 Å². The van der Waals surface area contributed by atoms with Crippen molar-refractivity contribution in [2.45, 2.75) is 4.90 Å². The molecule has 2 rings (SSSR count). The number of nitrogens with one attached hydrogen (secondary N) is 1. The molecular formula is C13H8Br2ClNO4S. The summed E-state index contributed by atoms with van der Waals surface area (Å²) in [5.41, 5.74) is -0.0798. The number of aromatic carboxylic acids is 1. The highest BCUT2D eigenvalue weighted by Crippen LogP contribution is 2.28. The van der Waals surface area contributed by atoms with Crippen molar-refractivity contribution in [2.75, 3.05) is 4.72 Å². The summed E-state index contributed by atoms with van der Waals surface area (Å²) in [5.74, 6) is -1.24. The highest BCUT2D eigenvalue weighted by molar-refractivity contribution is 9.11. The Labute approximate surface area is 148 Å². The molecule has 2 aromatic rings. The van der Waals surface area contributed by atoms with Crippen LogP contribution in [0.2, 0.25) is 5.02 Å². The Hall–Kier alpha value is -1.09. The third-order valence-electron chi connectivity index (χ3n) is 2.63. The summed E-state index contributed by atoms with van der Waals surface area (Å²) in [6, 6.07) is 8.57. The summed E-state index contributed by atoms with van der Waals surface area (Å²) < 4.78 is 28.1. The molecule has 0 saturated heterocycles. The predicted molar refractivity (Wildman–Crippen MR) is 91.1 cm³/mol. The van der Waals surface area contributed by atoms with Crippen LogP contribution in [0.25, 0.3) is 0 Å². The minimum absolute atomic E-state index is 0.0219. The van der Waals surface area contributed by atoms with Crippen LogP contribution < -0.4 is 4.72 Å². The number of carbonyl (C=O) groups is 1. The summed E-state index contributed by atoms with van der Waals surface area (Å²) in [4.78, 5) is 11.1. The quantitative estimate of drug-likeness (QED) is 0.697. The zero-order valence-corrected chi connectivity index (χ0v) is 15.4. The van der Waals surface area contributed by atoms with E-state index in [0.29, 0.717) is 8.95 Å². The lowest BCUT2D eigenvalue weighted by Crippen LogP contribution is -2.14. The number of sulfonamides is 1. The van der Waals surface area contributed by atoms with E-state index in [2.05, 4.69) is 36.6 Å². The van der Waals surface area contributed by atoms with Gasteiger partial charge in [-0.05, 0) is 52.3 Å². The molecule has 0 amide bonds. The zero-order valence-electron chi connectivity index (χ0n) is 10.7. The number of carboxylic acids is 1. The van der Waals surface area contributed by atoms with Crippen LogP contribution >= 0.6 is 43.5 Å². The lowest BCUT2D eigenvalue weighted by molar-refractivity contribution is 0.0697. The maximum absolute atomic E-state index is 12.4. The minimum atomic E-state index is -3.88. The summed E-state index contributed by atoms with van der Waals surface area (Å²) in [5, 5.41) is 9.04. The van der Waals surface area contributed by atoms with E-state index in [4.69, 9.17) is 16.7 Å². The molecule has 0 fully saturated rings. The van der Waals surface area contributed by atoms with Crippen molar-refractivity contribution in [3.05, 3.63) is 55.9 Å². The van der Waals surface area contributed by atoms with Gasteiger partial charge >= 0.3 is 5.97 Å². The second-order valence-corrected chi connectivity index (χ2v) is 8.01. The van der Waals surface area contributed by atoms with Gasteiger partial charge in [-0.15, -0.1) is 0 Å². The Balaban J connectivity index is 2.43. The first-order chi connectivity index (χ1) is 10.2. The molecule has 0 saturated carbocycles. The number of rotatable bonds is 4. The van der Waals surface area contributed by atoms with Crippen molar-refractivity contribution in [3.8, 4) is 0 Å². The molecule has 0 aliphatic heterocycles. The number of benzene rings is 2. The lowest BCUT2D eigenvalue weighted by atomic mass is 10.2. The summed E-state index contributed by atoms with van der Waals surface area (Å²) >= 11 is 12.1. The standard InChI is InChI=1S/C13H8Br2ClNO4S/c14-7-1-3-10(15)12(5-7)22(20,21)17-8-2-4-11(16)9(6-8)13(18)19/h1-6,17H,(H,18,19). The number of halogens is 3. The minimum Gasteiger partial charge on any atom is -0.478 e. The number of carboxylic acid groups (broad SMARTS) is 1. The Morgan fingerprint density at radius 3 is 2.45 bits per heavy atom. The van der Waals surface area contributed by atoms with Gasteiger partial charge in [-0.3, -0.25) is 4.72 Å². The molecule has 0 aromatic heterocycles. The van der Waals surface area contributed by atoms with Crippen LogP contribution in [0.4, 0.5) is 5.69 Å². The third-order valence-corrected chi connectivity index (χ3v) is 5.83. The molecule has 0 aliphatic rings. The SMILES string of the molecule is O=C(O)c1cc(NS(=O)(=O)c2cc(Br)ccc2Br)ccc1Cl. The van der Waals surface area contributed by atoms with Crippen molar-refractivity contribution in [1.82, 2.24) is 0 Å². The molecule has 22 heavy (non-hydrogen) atoms. The highest BCUT2D eigenvalue weighted by Gasteiger charge is 2.19. The Morgan fingerprint density at radius 2 is 1.82 bits per heavy atom. The first-order valence-electron chi connectivity index (χ1n) is 5.71. The van der Waals surface area contributed by atoms with Gasteiger partial charge in [0, 0.05) is 14.6 Å². The molecule has 0 radical (unpaired) electrons. The van der Waals surface area contributed by atoms with E-state index in [1.807, 2.05) is 0 Å². The molecule has 0 aliphatic carbocycles. The summed E-state index contributed by atoms with van der Waals surface area (Å²) in [6.45, 7) is 0. The molecule has 5 nitrogen and oxygen atoms in total. The van der Waals surface area contributed by atoms with E-state index in [9.17, 15) is 13.2 Å². The van der Waals surface area contributed by atoms with Gasteiger partial charge in [0.1, 0.15) is 4.90 Å². The van der Waals surface area contributed by atoms with Crippen LogP contribution in [0.3, 0.4) is 0 Å². The number of hydrogen-bond acceptors (Lipinski definition) is 3. The molecule has 9 heteroatoms. The molecule has 0 spiro atoms. The maximum atomic E-state index is 12.4. The van der Waals surface area contributed by atoms with Crippen LogP contribution in [0, 0.1) is 0 Å². The average Bonchev–Trinajstić information content (AvgIpc) is 2.43. The Morgan fingerprint density at radius 1 is 1.14 bits per heavy atom. The van der Waals surface area contributed by atoms with Crippen LogP contribution in [-0.4, -0.2) is 19.5 Å². The molecular weight excluding hydrogens is 461 g/mol. The van der Waals surface area contributed by atoms with Crippen LogP contribution in [0.1, 0.15) is 10.4 Å². The van der Waals surface area contributed by atoms with Gasteiger partial charge in [0.15, 0.2) is 0 Å². The van der Waals surface area contributed by atoms with Crippen molar-refractivity contribution in [3.63, 3.8) is 0 Å². The van der Waals surface area contributed by atoms with E-state index in [-0.39, 0.29) is 21.2 Å². The second-order valence-electron chi connectivity index (χ2n) is 4.18. The van der Waals surface area contributed by atoms with E-state index in [0.717, 1.165) is 6.07 Å². The second kappa shape index (κ2) is 6.57. The largest absolute Gasteiger partial charge is 0.478 e. The van der Waals surface area contributed by atoms with Gasteiger partial charge in [-0.2, -0.15) is 0 Å². The smallest absolute Gasteiger partial charge is 0.337 e. The van der Waals surface area contributed by atoms with E-state index >= 15 is 0 Å². The van der Waals surface area contributed by atoms with Gasteiger partial charge in [-0.25, -0.2) is 13.2 Å². The predicted octanol–water partition coefficient (Wildman–Crippen LogP) is 4.36. The van der Waals surface area contributed by atoms with Crippen LogP contribution in [-0.2, 0) is 10.0 Å². The fourth-order valence-electron chi connectivity index (χ4n) is 1.65. The monoisotopic (exact) mass is 467 g/mol. The highest BCUT2D eigenvalue weighted by atomic mass is 79.9. The normalized spacial score (nSPS) is 11.2. The molecule has 0 heterocycles. The fourth-order valence-corrected chi connectivity index (χ4v) is 4.40. The summed E-state index contributed by atoms with van der Waals surface area (Å²) in [6.07, 6.45) is 0. The van der Waals surface area contributed by atoms with Gasteiger partial charge in [-0.1, -0.05) is 27.5 Å².